The minimum absolute atomic E-state index is 0.277. The quantitative estimate of drug-likeness (QED) is 0.649. The van der Waals surface area contributed by atoms with Crippen molar-refractivity contribution in [1.29, 1.82) is 0 Å². The van der Waals surface area contributed by atoms with Crippen molar-refractivity contribution in [1.82, 2.24) is 10.2 Å². The molecule has 0 saturated carbocycles. The molecule has 0 bridgehead atoms. The largest absolute Gasteiger partial charge is 0.480 e. The molecular formula is C12H22N2O5. The second-order valence-electron chi connectivity index (χ2n) is 4.92. The molecule has 1 heterocycles. The van der Waals surface area contributed by atoms with Crippen molar-refractivity contribution >= 4 is 12.0 Å². The molecule has 19 heavy (non-hydrogen) atoms. The number of methoxy groups -OCH3 is 1. The minimum Gasteiger partial charge on any atom is -0.480 e. The lowest BCUT2D eigenvalue weighted by Gasteiger charge is -2.33. The highest BCUT2D eigenvalue weighted by Gasteiger charge is 2.29. The Labute approximate surface area is 112 Å². The summed E-state index contributed by atoms with van der Waals surface area (Å²) in [4.78, 5) is 24.5. The zero-order valence-corrected chi connectivity index (χ0v) is 11.3. The van der Waals surface area contributed by atoms with Crippen molar-refractivity contribution in [2.75, 3.05) is 26.8 Å². The van der Waals surface area contributed by atoms with Gasteiger partial charge in [-0.1, -0.05) is 0 Å². The van der Waals surface area contributed by atoms with E-state index in [-0.39, 0.29) is 5.92 Å². The van der Waals surface area contributed by atoms with E-state index in [1.807, 2.05) is 0 Å². The summed E-state index contributed by atoms with van der Waals surface area (Å²) in [5, 5.41) is 20.6. The molecule has 1 aliphatic heterocycles. The number of aliphatic hydroxyl groups is 1. The number of nitrogens with one attached hydrogen (secondary N) is 1. The van der Waals surface area contributed by atoms with E-state index in [4.69, 9.17) is 9.84 Å². The third-order valence-electron chi connectivity index (χ3n) is 3.24. The van der Waals surface area contributed by atoms with Crippen molar-refractivity contribution in [3.63, 3.8) is 0 Å². The maximum absolute atomic E-state index is 12.0. The van der Waals surface area contributed by atoms with E-state index >= 15 is 0 Å². The summed E-state index contributed by atoms with van der Waals surface area (Å²) in [7, 11) is 1.62. The first kappa shape index (κ1) is 15.7. The second kappa shape index (κ2) is 7.30. The number of nitrogens with zero attached hydrogens (tertiary/aromatic N) is 1. The van der Waals surface area contributed by atoms with Crippen LogP contribution in [-0.2, 0) is 9.53 Å². The van der Waals surface area contributed by atoms with Gasteiger partial charge in [0.2, 0.25) is 0 Å². The van der Waals surface area contributed by atoms with Crippen molar-refractivity contribution in [3.8, 4) is 0 Å². The molecule has 0 spiro atoms. The molecule has 3 N–H and O–H groups in total. The predicted octanol–water partition coefficient (Wildman–Crippen LogP) is -0.112. The summed E-state index contributed by atoms with van der Waals surface area (Å²) in [5.74, 6) is -0.965. The number of rotatable bonds is 5. The molecule has 1 saturated heterocycles. The van der Waals surface area contributed by atoms with E-state index in [2.05, 4.69) is 5.32 Å². The Morgan fingerprint density at radius 2 is 2.21 bits per heavy atom. The van der Waals surface area contributed by atoms with Gasteiger partial charge in [-0.2, -0.15) is 0 Å². The summed E-state index contributed by atoms with van der Waals surface area (Å²) in [6, 6.07) is -1.73. The average molecular weight is 274 g/mol. The molecule has 0 radical (unpaired) electrons. The number of piperidine rings is 1. The molecule has 7 heteroatoms. The molecule has 0 aliphatic carbocycles. The standard InChI is InChI=1S/C12H22N2O5/c1-8(15)10(11(16)17)13-12(18)14-5-3-4-9(6-14)7-19-2/h8-10,15H,3-7H2,1-2H3,(H,13,18)(H,16,17)/t8-,9?,10+/m1/s1. The number of amides is 2. The monoisotopic (exact) mass is 274 g/mol. The maximum atomic E-state index is 12.0. The summed E-state index contributed by atoms with van der Waals surface area (Å²) in [6.45, 7) is 3.07. The molecule has 0 aromatic rings. The van der Waals surface area contributed by atoms with Crippen LogP contribution in [0.5, 0.6) is 0 Å². The first-order valence-electron chi connectivity index (χ1n) is 6.41. The van der Waals surface area contributed by atoms with E-state index < -0.39 is 24.1 Å². The summed E-state index contributed by atoms with van der Waals surface area (Å²) in [6.07, 6.45) is 0.727. The highest BCUT2D eigenvalue weighted by molar-refractivity contribution is 5.83. The number of carboxylic acids is 1. The van der Waals surface area contributed by atoms with Crippen LogP contribution in [0.15, 0.2) is 0 Å². The zero-order chi connectivity index (χ0) is 14.4. The third-order valence-corrected chi connectivity index (χ3v) is 3.24. The molecule has 1 rings (SSSR count). The number of carboxylic acid groups (broad SMARTS) is 1. The zero-order valence-electron chi connectivity index (χ0n) is 11.3. The van der Waals surface area contributed by atoms with Crippen LogP contribution in [-0.4, -0.2) is 66.1 Å². The number of likely N-dealkylation sites (tertiary alicyclic amines) is 1. The van der Waals surface area contributed by atoms with Crippen LogP contribution in [0.25, 0.3) is 0 Å². The second-order valence-corrected chi connectivity index (χ2v) is 4.92. The molecule has 1 fully saturated rings. The van der Waals surface area contributed by atoms with Gasteiger partial charge in [-0.3, -0.25) is 0 Å². The Hall–Kier alpha value is -1.34. The molecule has 3 atom stereocenters. The average Bonchev–Trinajstić information content (AvgIpc) is 2.35. The van der Waals surface area contributed by atoms with Crippen LogP contribution < -0.4 is 5.32 Å². The minimum atomic E-state index is -1.28. The number of hydrogen-bond donors (Lipinski definition) is 3. The van der Waals surface area contributed by atoms with Crippen LogP contribution in [0.2, 0.25) is 0 Å². The van der Waals surface area contributed by atoms with E-state index in [1.165, 1.54) is 6.92 Å². The van der Waals surface area contributed by atoms with Gasteiger partial charge in [0.15, 0.2) is 6.04 Å². The topological polar surface area (TPSA) is 99.1 Å². The fraction of sp³-hybridized carbons (Fsp3) is 0.833. The van der Waals surface area contributed by atoms with Crippen LogP contribution in [0, 0.1) is 5.92 Å². The van der Waals surface area contributed by atoms with Crippen molar-refractivity contribution < 1.29 is 24.5 Å². The van der Waals surface area contributed by atoms with Gasteiger partial charge < -0.3 is 25.2 Å². The number of hydrogen-bond acceptors (Lipinski definition) is 4. The van der Waals surface area contributed by atoms with E-state index in [1.54, 1.807) is 12.0 Å². The first-order valence-corrected chi connectivity index (χ1v) is 6.41. The van der Waals surface area contributed by atoms with Crippen LogP contribution in [0.3, 0.4) is 0 Å². The lowest BCUT2D eigenvalue weighted by molar-refractivity contribution is -0.141. The van der Waals surface area contributed by atoms with E-state index in [0.29, 0.717) is 19.7 Å². The summed E-state index contributed by atoms with van der Waals surface area (Å²) < 4.78 is 5.07. The van der Waals surface area contributed by atoms with Gasteiger partial charge in [0.05, 0.1) is 12.7 Å². The first-order chi connectivity index (χ1) is 8.95. The Morgan fingerprint density at radius 1 is 1.53 bits per heavy atom. The molecule has 7 nitrogen and oxygen atoms in total. The SMILES string of the molecule is COCC1CCCN(C(=O)N[C@H](C(=O)O)[C@@H](C)O)C1. The number of urea groups is 1. The molecule has 110 valence electrons. The lowest BCUT2D eigenvalue weighted by Crippen LogP contribution is -2.54. The normalized spacial score (nSPS) is 22.7. The molecule has 1 aliphatic rings. The summed E-state index contributed by atoms with van der Waals surface area (Å²) >= 11 is 0. The number of aliphatic carboxylic acids is 1. The van der Waals surface area contributed by atoms with Gasteiger partial charge in [-0.15, -0.1) is 0 Å². The smallest absolute Gasteiger partial charge is 0.328 e. The van der Waals surface area contributed by atoms with E-state index in [9.17, 15) is 14.7 Å². The van der Waals surface area contributed by atoms with E-state index in [0.717, 1.165) is 12.8 Å². The van der Waals surface area contributed by atoms with Crippen molar-refractivity contribution in [3.05, 3.63) is 0 Å². The molecular weight excluding hydrogens is 252 g/mol. The Bertz CT molecular complexity index is 319. The summed E-state index contributed by atoms with van der Waals surface area (Å²) in [5.41, 5.74) is 0. The number of carbonyl (C=O) groups is 2. The lowest BCUT2D eigenvalue weighted by atomic mass is 9.99. The molecule has 1 unspecified atom stereocenters. The van der Waals surface area contributed by atoms with Gasteiger partial charge in [-0.25, -0.2) is 9.59 Å². The highest BCUT2D eigenvalue weighted by Crippen LogP contribution is 2.16. The molecule has 0 aromatic carbocycles. The molecule has 2 amide bonds. The van der Waals surface area contributed by atoms with Gasteiger partial charge in [0, 0.05) is 26.1 Å². The highest BCUT2D eigenvalue weighted by atomic mass is 16.5. The van der Waals surface area contributed by atoms with Crippen molar-refractivity contribution in [2.24, 2.45) is 5.92 Å². The Morgan fingerprint density at radius 3 is 2.74 bits per heavy atom. The fourth-order valence-corrected chi connectivity index (χ4v) is 2.23. The Kier molecular flexibility index (Phi) is 6.04. The van der Waals surface area contributed by atoms with Crippen LogP contribution in [0.4, 0.5) is 4.79 Å². The number of carbonyl (C=O) groups excluding carboxylic acids is 1. The van der Waals surface area contributed by atoms with Gasteiger partial charge in [0.25, 0.3) is 0 Å². The van der Waals surface area contributed by atoms with Gasteiger partial charge >= 0.3 is 12.0 Å². The molecule has 0 aromatic heterocycles. The van der Waals surface area contributed by atoms with Gasteiger partial charge in [0.1, 0.15) is 0 Å². The number of ether oxygens (including phenoxy) is 1. The third kappa shape index (κ3) is 4.68. The fourth-order valence-electron chi connectivity index (χ4n) is 2.23. The number of aliphatic hydroxyl groups excluding tert-OH is 1. The Balaban J connectivity index is 2.54. The maximum Gasteiger partial charge on any atom is 0.328 e. The van der Waals surface area contributed by atoms with Crippen LogP contribution >= 0.6 is 0 Å². The van der Waals surface area contributed by atoms with Gasteiger partial charge in [-0.05, 0) is 19.8 Å². The van der Waals surface area contributed by atoms with Crippen molar-refractivity contribution in [2.45, 2.75) is 31.9 Å². The predicted molar refractivity (Wildman–Crippen MR) is 67.8 cm³/mol. The van der Waals surface area contributed by atoms with Crippen LogP contribution in [0.1, 0.15) is 19.8 Å².